The van der Waals surface area contributed by atoms with E-state index in [1.54, 1.807) is 0 Å². The normalized spacial score (nSPS) is 13.1. The highest BCUT2D eigenvalue weighted by molar-refractivity contribution is 5.71. The number of hydrogen-bond donors (Lipinski definition) is 1. The standard InChI is InChI=1S/C9H19NO2/c1-7(2)5-10-6-8(3)9(11)12-4/h7-8,10H,5-6H2,1-4H3/t8-/m0/s1. The Kier molecular flexibility index (Phi) is 5.72. The zero-order valence-electron chi connectivity index (χ0n) is 8.39. The number of nitrogens with one attached hydrogen (secondary N) is 1. The third kappa shape index (κ3) is 5.13. The number of ether oxygens (including phenoxy) is 1. The molecule has 0 aliphatic heterocycles. The van der Waals surface area contributed by atoms with Crippen molar-refractivity contribution in [3.05, 3.63) is 0 Å². The molecule has 0 aromatic rings. The second-order valence-corrected chi connectivity index (χ2v) is 3.48. The summed E-state index contributed by atoms with van der Waals surface area (Å²) >= 11 is 0. The van der Waals surface area contributed by atoms with Gasteiger partial charge in [0.25, 0.3) is 0 Å². The van der Waals surface area contributed by atoms with E-state index in [0.717, 1.165) is 6.54 Å². The Morgan fingerprint density at radius 1 is 1.33 bits per heavy atom. The van der Waals surface area contributed by atoms with Gasteiger partial charge in [-0.1, -0.05) is 20.8 Å². The molecular formula is C9H19NO2. The first-order chi connectivity index (χ1) is 5.57. The number of carbonyl (C=O) groups is 1. The van der Waals surface area contributed by atoms with Crippen LogP contribution in [0.15, 0.2) is 0 Å². The molecule has 1 N–H and O–H groups in total. The Morgan fingerprint density at radius 2 is 1.92 bits per heavy atom. The summed E-state index contributed by atoms with van der Waals surface area (Å²) < 4.78 is 4.59. The molecule has 0 saturated heterocycles. The lowest BCUT2D eigenvalue weighted by Gasteiger charge is -2.11. The SMILES string of the molecule is COC(=O)[C@@H](C)CNCC(C)C. The van der Waals surface area contributed by atoms with E-state index < -0.39 is 0 Å². The molecule has 0 fully saturated rings. The maximum Gasteiger partial charge on any atom is 0.309 e. The van der Waals surface area contributed by atoms with Crippen LogP contribution in [-0.2, 0) is 9.53 Å². The van der Waals surface area contributed by atoms with Crippen LogP contribution < -0.4 is 5.32 Å². The second-order valence-electron chi connectivity index (χ2n) is 3.48. The monoisotopic (exact) mass is 173 g/mol. The van der Waals surface area contributed by atoms with Crippen LogP contribution in [0.3, 0.4) is 0 Å². The fraction of sp³-hybridized carbons (Fsp3) is 0.889. The maximum absolute atomic E-state index is 10.9. The molecule has 0 heterocycles. The van der Waals surface area contributed by atoms with Crippen molar-refractivity contribution in [2.75, 3.05) is 20.2 Å². The van der Waals surface area contributed by atoms with Gasteiger partial charge in [0.05, 0.1) is 13.0 Å². The summed E-state index contributed by atoms with van der Waals surface area (Å²) in [5.41, 5.74) is 0. The lowest BCUT2D eigenvalue weighted by atomic mass is 10.1. The van der Waals surface area contributed by atoms with Gasteiger partial charge in [-0.25, -0.2) is 0 Å². The molecular weight excluding hydrogens is 154 g/mol. The van der Waals surface area contributed by atoms with Gasteiger partial charge < -0.3 is 10.1 Å². The third-order valence-corrected chi connectivity index (χ3v) is 1.61. The number of carbonyl (C=O) groups excluding carboxylic acids is 1. The van der Waals surface area contributed by atoms with Crippen LogP contribution >= 0.6 is 0 Å². The van der Waals surface area contributed by atoms with E-state index in [1.165, 1.54) is 7.11 Å². The molecule has 0 radical (unpaired) electrons. The molecule has 0 aromatic heterocycles. The van der Waals surface area contributed by atoms with Crippen molar-refractivity contribution in [1.82, 2.24) is 5.32 Å². The molecule has 12 heavy (non-hydrogen) atoms. The Labute approximate surface area is 74.5 Å². The van der Waals surface area contributed by atoms with Crippen LogP contribution in [0.25, 0.3) is 0 Å². The van der Waals surface area contributed by atoms with Crippen LogP contribution in [-0.4, -0.2) is 26.2 Å². The van der Waals surface area contributed by atoms with Crippen molar-refractivity contribution >= 4 is 5.97 Å². The molecule has 3 heteroatoms. The van der Waals surface area contributed by atoms with E-state index in [4.69, 9.17) is 0 Å². The topological polar surface area (TPSA) is 38.3 Å². The summed E-state index contributed by atoms with van der Waals surface area (Å²) in [4.78, 5) is 10.9. The summed E-state index contributed by atoms with van der Waals surface area (Å²) in [5, 5.41) is 3.20. The minimum Gasteiger partial charge on any atom is -0.469 e. The molecule has 0 saturated carbocycles. The van der Waals surface area contributed by atoms with Gasteiger partial charge in [-0.05, 0) is 12.5 Å². The van der Waals surface area contributed by atoms with Crippen LogP contribution in [0, 0.1) is 11.8 Å². The van der Waals surface area contributed by atoms with Gasteiger partial charge in [-0.15, -0.1) is 0 Å². The van der Waals surface area contributed by atoms with Gasteiger partial charge in [0, 0.05) is 6.54 Å². The van der Waals surface area contributed by atoms with Crippen molar-refractivity contribution in [2.24, 2.45) is 11.8 Å². The highest BCUT2D eigenvalue weighted by atomic mass is 16.5. The van der Waals surface area contributed by atoms with Crippen molar-refractivity contribution < 1.29 is 9.53 Å². The third-order valence-electron chi connectivity index (χ3n) is 1.61. The predicted octanol–water partition coefficient (Wildman–Crippen LogP) is 1.04. The first kappa shape index (κ1) is 11.4. The smallest absolute Gasteiger partial charge is 0.309 e. The minimum absolute atomic E-state index is 0.0475. The lowest BCUT2D eigenvalue weighted by Crippen LogP contribution is -2.29. The summed E-state index contributed by atoms with van der Waals surface area (Å²) in [7, 11) is 1.42. The summed E-state index contributed by atoms with van der Waals surface area (Å²) in [5.74, 6) is 0.426. The van der Waals surface area contributed by atoms with E-state index in [2.05, 4.69) is 23.9 Å². The number of hydrogen-bond acceptors (Lipinski definition) is 3. The number of esters is 1. The van der Waals surface area contributed by atoms with Gasteiger partial charge in [-0.3, -0.25) is 4.79 Å². The Hall–Kier alpha value is -0.570. The van der Waals surface area contributed by atoms with Gasteiger partial charge in [0.1, 0.15) is 0 Å². The largest absolute Gasteiger partial charge is 0.469 e. The molecule has 3 nitrogen and oxygen atoms in total. The van der Waals surface area contributed by atoms with Crippen molar-refractivity contribution in [3.8, 4) is 0 Å². The second kappa shape index (κ2) is 6.00. The van der Waals surface area contributed by atoms with Gasteiger partial charge in [-0.2, -0.15) is 0 Å². The number of methoxy groups -OCH3 is 1. The Morgan fingerprint density at radius 3 is 2.33 bits per heavy atom. The summed E-state index contributed by atoms with van der Waals surface area (Å²) in [6.07, 6.45) is 0. The molecule has 0 spiro atoms. The Balaban J connectivity index is 3.43. The van der Waals surface area contributed by atoms with Crippen molar-refractivity contribution in [2.45, 2.75) is 20.8 Å². The molecule has 0 amide bonds. The van der Waals surface area contributed by atoms with Crippen LogP contribution in [0.4, 0.5) is 0 Å². The van der Waals surface area contributed by atoms with E-state index in [-0.39, 0.29) is 11.9 Å². The predicted molar refractivity (Wildman–Crippen MR) is 48.9 cm³/mol. The van der Waals surface area contributed by atoms with E-state index in [0.29, 0.717) is 12.5 Å². The fourth-order valence-electron chi connectivity index (χ4n) is 0.873. The van der Waals surface area contributed by atoms with Crippen LogP contribution in [0.5, 0.6) is 0 Å². The fourth-order valence-corrected chi connectivity index (χ4v) is 0.873. The van der Waals surface area contributed by atoms with Crippen LogP contribution in [0.2, 0.25) is 0 Å². The van der Waals surface area contributed by atoms with Gasteiger partial charge in [0.2, 0.25) is 0 Å². The number of rotatable bonds is 5. The zero-order chi connectivity index (χ0) is 9.56. The average Bonchev–Trinajstić information content (AvgIpc) is 2.02. The highest BCUT2D eigenvalue weighted by Gasteiger charge is 2.11. The first-order valence-corrected chi connectivity index (χ1v) is 4.36. The highest BCUT2D eigenvalue weighted by Crippen LogP contribution is 1.96. The van der Waals surface area contributed by atoms with E-state index in [1.807, 2.05) is 6.92 Å². The minimum atomic E-state index is -0.147. The zero-order valence-corrected chi connectivity index (χ0v) is 8.39. The van der Waals surface area contributed by atoms with Gasteiger partial charge in [0.15, 0.2) is 0 Å². The quantitative estimate of drug-likeness (QED) is 0.631. The summed E-state index contributed by atoms with van der Waals surface area (Å²) in [6.45, 7) is 7.77. The van der Waals surface area contributed by atoms with Crippen LogP contribution in [0.1, 0.15) is 20.8 Å². The Bertz CT molecular complexity index is 134. The molecule has 0 unspecified atom stereocenters. The molecule has 0 aliphatic carbocycles. The van der Waals surface area contributed by atoms with E-state index >= 15 is 0 Å². The first-order valence-electron chi connectivity index (χ1n) is 4.36. The average molecular weight is 173 g/mol. The van der Waals surface area contributed by atoms with Crippen molar-refractivity contribution in [3.63, 3.8) is 0 Å². The molecule has 72 valence electrons. The van der Waals surface area contributed by atoms with Gasteiger partial charge >= 0.3 is 5.97 Å². The molecule has 0 rings (SSSR count). The lowest BCUT2D eigenvalue weighted by molar-refractivity contribution is -0.144. The molecule has 0 aliphatic rings. The molecule has 1 atom stereocenters. The maximum atomic E-state index is 10.9. The molecule has 0 bridgehead atoms. The van der Waals surface area contributed by atoms with Crippen molar-refractivity contribution in [1.29, 1.82) is 0 Å². The van der Waals surface area contributed by atoms with E-state index in [9.17, 15) is 4.79 Å². The molecule has 0 aromatic carbocycles. The summed E-state index contributed by atoms with van der Waals surface area (Å²) in [6, 6.07) is 0.